The number of hydrogen-bond donors (Lipinski definition) is 2. The van der Waals surface area contributed by atoms with Crippen molar-refractivity contribution in [3.8, 4) is 5.75 Å². The molecule has 6 heteroatoms. The Morgan fingerprint density at radius 3 is 2.80 bits per heavy atom. The first-order valence-electron chi connectivity index (χ1n) is 6.10. The number of hydrazine groups is 1. The highest BCUT2D eigenvalue weighted by Gasteiger charge is 2.18. The highest BCUT2D eigenvalue weighted by molar-refractivity contribution is 9.11. The maximum atomic E-state index is 14.2. The second kappa shape index (κ2) is 6.67. The van der Waals surface area contributed by atoms with Crippen molar-refractivity contribution in [1.82, 2.24) is 5.43 Å². The maximum Gasteiger partial charge on any atom is 0.168 e. The van der Waals surface area contributed by atoms with E-state index in [-0.39, 0.29) is 17.6 Å². The predicted octanol–water partition coefficient (Wildman–Crippen LogP) is 3.71. The van der Waals surface area contributed by atoms with Gasteiger partial charge in [0.25, 0.3) is 0 Å². The molecule has 1 aromatic heterocycles. The summed E-state index contributed by atoms with van der Waals surface area (Å²) in [7, 11) is 1.46. The molecule has 0 aliphatic heterocycles. The Balaban J connectivity index is 2.26. The summed E-state index contributed by atoms with van der Waals surface area (Å²) in [6, 6.07) is 7.05. The van der Waals surface area contributed by atoms with Crippen molar-refractivity contribution in [2.75, 3.05) is 7.11 Å². The Kier molecular flexibility index (Phi) is 5.15. The molecule has 0 saturated carbocycles. The van der Waals surface area contributed by atoms with E-state index in [4.69, 9.17) is 10.6 Å². The van der Waals surface area contributed by atoms with Crippen LogP contribution in [0.2, 0.25) is 0 Å². The lowest BCUT2D eigenvalue weighted by atomic mass is 10.0. The minimum Gasteiger partial charge on any atom is -0.494 e. The van der Waals surface area contributed by atoms with Gasteiger partial charge in [0.15, 0.2) is 11.6 Å². The molecule has 0 aliphatic rings. The number of aryl methyl sites for hydroxylation is 1. The Labute approximate surface area is 130 Å². The lowest BCUT2D eigenvalue weighted by Gasteiger charge is -2.15. The minimum absolute atomic E-state index is 0.133. The average molecular weight is 359 g/mol. The SMILES string of the molecule is COc1cccc(CC(NN)c2cc(C)c(Br)s2)c1F. The second-order valence-corrected chi connectivity index (χ2v) is 6.86. The first-order chi connectivity index (χ1) is 9.56. The fraction of sp³-hybridized carbons (Fsp3) is 0.286. The zero-order valence-corrected chi connectivity index (χ0v) is 13.6. The fourth-order valence-electron chi connectivity index (χ4n) is 1.99. The van der Waals surface area contributed by atoms with Gasteiger partial charge in [-0.2, -0.15) is 0 Å². The quantitative estimate of drug-likeness (QED) is 0.632. The van der Waals surface area contributed by atoms with Crippen molar-refractivity contribution < 1.29 is 9.13 Å². The van der Waals surface area contributed by atoms with Gasteiger partial charge in [-0.3, -0.25) is 11.3 Å². The number of rotatable bonds is 5. The van der Waals surface area contributed by atoms with Gasteiger partial charge in [0.2, 0.25) is 0 Å². The largest absolute Gasteiger partial charge is 0.494 e. The second-order valence-electron chi connectivity index (χ2n) is 4.46. The Morgan fingerprint density at radius 1 is 1.50 bits per heavy atom. The summed E-state index contributed by atoms with van der Waals surface area (Å²) < 4.78 is 20.2. The van der Waals surface area contributed by atoms with E-state index in [9.17, 15) is 4.39 Å². The molecule has 0 amide bonds. The summed E-state index contributed by atoms with van der Waals surface area (Å²) in [6.07, 6.45) is 0.464. The van der Waals surface area contributed by atoms with Crippen molar-refractivity contribution in [1.29, 1.82) is 0 Å². The van der Waals surface area contributed by atoms with Crippen LogP contribution in [-0.2, 0) is 6.42 Å². The van der Waals surface area contributed by atoms with E-state index in [1.165, 1.54) is 7.11 Å². The van der Waals surface area contributed by atoms with E-state index < -0.39 is 0 Å². The van der Waals surface area contributed by atoms with Gasteiger partial charge in [-0.1, -0.05) is 12.1 Å². The number of hydrogen-bond acceptors (Lipinski definition) is 4. The van der Waals surface area contributed by atoms with Gasteiger partial charge in [-0.25, -0.2) is 4.39 Å². The van der Waals surface area contributed by atoms with E-state index in [1.807, 2.05) is 6.92 Å². The molecule has 2 rings (SSSR count). The van der Waals surface area contributed by atoms with Crippen LogP contribution in [0.4, 0.5) is 4.39 Å². The third-order valence-corrected chi connectivity index (χ3v) is 5.36. The molecule has 0 fully saturated rings. The van der Waals surface area contributed by atoms with E-state index in [0.717, 1.165) is 14.2 Å². The van der Waals surface area contributed by atoms with Gasteiger partial charge in [-0.05, 0) is 52.5 Å². The van der Waals surface area contributed by atoms with E-state index in [0.29, 0.717) is 12.0 Å². The number of halogens is 2. The molecule has 3 N–H and O–H groups in total. The third-order valence-electron chi connectivity index (χ3n) is 3.11. The van der Waals surface area contributed by atoms with Crippen molar-refractivity contribution in [2.24, 2.45) is 5.84 Å². The van der Waals surface area contributed by atoms with Crippen LogP contribution in [0.1, 0.15) is 22.0 Å². The Morgan fingerprint density at radius 2 is 2.25 bits per heavy atom. The lowest BCUT2D eigenvalue weighted by Crippen LogP contribution is -2.29. The Hall–Kier alpha value is -0.950. The molecule has 1 aromatic carbocycles. The number of nitrogens with one attached hydrogen (secondary N) is 1. The normalized spacial score (nSPS) is 12.4. The minimum atomic E-state index is -0.331. The topological polar surface area (TPSA) is 47.3 Å². The van der Waals surface area contributed by atoms with Crippen LogP contribution in [0.25, 0.3) is 0 Å². The molecule has 108 valence electrons. The predicted molar refractivity (Wildman–Crippen MR) is 83.5 cm³/mol. The molecular weight excluding hydrogens is 343 g/mol. The van der Waals surface area contributed by atoms with Gasteiger partial charge < -0.3 is 4.74 Å². The average Bonchev–Trinajstić information content (AvgIpc) is 2.77. The molecular formula is C14H16BrFN2OS. The standard InChI is InChI=1S/C14H16BrFN2OS/c1-8-6-12(20-14(8)15)10(18-17)7-9-4-3-5-11(19-2)13(9)16/h3-6,10,18H,7,17H2,1-2H3. The summed E-state index contributed by atoms with van der Waals surface area (Å²) in [6.45, 7) is 2.02. The van der Waals surface area contributed by atoms with Crippen LogP contribution in [0.3, 0.4) is 0 Å². The molecule has 0 saturated heterocycles. The van der Waals surface area contributed by atoms with E-state index in [1.54, 1.807) is 29.5 Å². The zero-order valence-electron chi connectivity index (χ0n) is 11.2. The van der Waals surface area contributed by atoms with Gasteiger partial charge in [-0.15, -0.1) is 11.3 Å². The van der Waals surface area contributed by atoms with Gasteiger partial charge in [0.05, 0.1) is 16.9 Å². The van der Waals surface area contributed by atoms with Crippen molar-refractivity contribution in [2.45, 2.75) is 19.4 Å². The lowest BCUT2D eigenvalue weighted by molar-refractivity contribution is 0.382. The number of ether oxygens (including phenoxy) is 1. The molecule has 1 heterocycles. The van der Waals surface area contributed by atoms with Gasteiger partial charge in [0, 0.05) is 4.88 Å². The Bertz CT molecular complexity index is 583. The zero-order chi connectivity index (χ0) is 14.7. The summed E-state index contributed by atoms with van der Waals surface area (Å²) in [5.74, 6) is 5.54. The number of thiophene rings is 1. The maximum absolute atomic E-state index is 14.2. The highest BCUT2D eigenvalue weighted by atomic mass is 79.9. The number of methoxy groups -OCH3 is 1. The van der Waals surface area contributed by atoms with E-state index in [2.05, 4.69) is 27.4 Å². The summed E-state index contributed by atoms with van der Waals surface area (Å²) in [5, 5.41) is 0. The molecule has 0 aliphatic carbocycles. The first kappa shape index (κ1) is 15.4. The molecule has 3 nitrogen and oxygen atoms in total. The summed E-state index contributed by atoms with van der Waals surface area (Å²) in [5.41, 5.74) is 4.48. The van der Waals surface area contributed by atoms with Crippen molar-refractivity contribution >= 4 is 27.3 Å². The molecule has 1 unspecified atom stereocenters. The van der Waals surface area contributed by atoms with Crippen molar-refractivity contribution in [3.63, 3.8) is 0 Å². The van der Waals surface area contributed by atoms with Crippen LogP contribution in [-0.4, -0.2) is 7.11 Å². The van der Waals surface area contributed by atoms with Crippen molar-refractivity contribution in [3.05, 3.63) is 49.9 Å². The summed E-state index contributed by atoms with van der Waals surface area (Å²) >= 11 is 5.09. The van der Waals surface area contributed by atoms with Gasteiger partial charge in [0.1, 0.15) is 0 Å². The molecule has 0 bridgehead atoms. The number of nitrogens with two attached hydrogens (primary N) is 1. The first-order valence-corrected chi connectivity index (χ1v) is 7.71. The molecule has 0 spiro atoms. The van der Waals surface area contributed by atoms with Crippen LogP contribution in [0.15, 0.2) is 28.1 Å². The molecule has 2 aromatic rings. The molecule has 1 atom stereocenters. The monoisotopic (exact) mass is 358 g/mol. The highest BCUT2D eigenvalue weighted by Crippen LogP contribution is 2.33. The van der Waals surface area contributed by atoms with Crippen LogP contribution in [0, 0.1) is 12.7 Å². The van der Waals surface area contributed by atoms with Crippen LogP contribution < -0.4 is 16.0 Å². The summed E-state index contributed by atoms with van der Waals surface area (Å²) in [4.78, 5) is 1.07. The molecule has 0 radical (unpaired) electrons. The number of benzene rings is 1. The van der Waals surface area contributed by atoms with E-state index >= 15 is 0 Å². The van der Waals surface area contributed by atoms with Crippen LogP contribution in [0.5, 0.6) is 5.75 Å². The fourth-order valence-corrected chi connectivity index (χ4v) is 3.62. The van der Waals surface area contributed by atoms with Crippen LogP contribution >= 0.6 is 27.3 Å². The third kappa shape index (κ3) is 3.20. The molecule has 20 heavy (non-hydrogen) atoms. The van der Waals surface area contributed by atoms with Gasteiger partial charge >= 0.3 is 0 Å². The smallest absolute Gasteiger partial charge is 0.168 e.